The maximum absolute atomic E-state index is 11.2. The molecule has 1 N–H and O–H groups in total. The molecule has 0 fully saturated rings. The molecule has 9 heteroatoms. The van der Waals surface area contributed by atoms with Crippen LogP contribution in [0.5, 0.6) is 0 Å². The quantitative estimate of drug-likeness (QED) is 0.495. The summed E-state index contributed by atoms with van der Waals surface area (Å²) in [5, 5.41) is -0.490. The highest BCUT2D eigenvalue weighted by atomic mass is 35.5. The molecule has 0 aliphatic carbocycles. The molecule has 0 bridgehead atoms. The van der Waals surface area contributed by atoms with Crippen molar-refractivity contribution in [3.8, 4) is 0 Å². The minimum absolute atomic E-state index is 0.182. The molecule has 98 valence electrons. The van der Waals surface area contributed by atoms with E-state index in [1.54, 1.807) is 6.92 Å². The van der Waals surface area contributed by atoms with Gasteiger partial charge in [0.25, 0.3) is 0 Å². The van der Waals surface area contributed by atoms with E-state index >= 15 is 0 Å². The summed E-state index contributed by atoms with van der Waals surface area (Å²) in [6.45, 7) is 2.58. The molecule has 0 aromatic carbocycles. The Kier molecular flexibility index (Phi) is 6.80. The van der Waals surface area contributed by atoms with Gasteiger partial charge in [-0.05, 0) is 6.42 Å². The zero-order valence-electron chi connectivity index (χ0n) is 9.31. The van der Waals surface area contributed by atoms with Gasteiger partial charge in [-0.3, -0.25) is 0 Å². The van der Waals surface area contributed by atoms with Crippen molar-refractivity contribution in [2.24, 2.45) is 0 Å². The molecule has 0 aromatic heterocycles. The lowest BCUT2D eigenvalue weighted by Crippen LogP contribution is -2.33. The summed E-state index contributed by atoms with van der Waals surface area (Å²) in [6.07, 6.45) is 1.54. The number of rotatable bonds is 8. The molecular weight excluding hydrogens is 276 g/mol. The maximum atomic E-state index is 11.2. The van der Waals surface area contributed by atoms with E-state index in [-0.39, 0.29) is 6.54 Å². The van der Waals surface area contributed by atoms with Crippen LogP contribution in [0, 0.1) is 0 Å². The van der Waals surface area contributed by atoms with Crippen LogP contribution in [-0.2, 0) is 20.0 Å². The first-order valence-electron chi connectivity index (χ1n) is 4.71. The first kappa shape index (κ1) is 16.1. The lowest BCUT2D eigenvalue weighted by atomic mass is 10.4. The van der Waals surface area contributed by atoms with Gasteiger partial charge in [-0.1, -0.05) is 6.92 Å². The van der Waals surface area contributed by atoms with Crippen LogP contribution in [0.25, 0.3) is 0 Å². The summed E-state index contributed by atoms with van der Waals surface area (Å²) < 4.78 is 47.8. The lowest BCUT2D eigenvalue weighted by molar-refractivity contribution is 0.424. The minimum atomic E-state index is -3.41. The second-order valence-corrected chi connectivity index (χ2v) is 7.60. The van der Waals surface area contributed by atoms with Crippen LogP contribution in [0.1, 0.15) is 13.3 Å². The number of halogens is 1. The smallest absolute Gasteiger partial charge is 0.214 e. The van der Waals surface area contributed by atoms with Crippen molar-refractivity contribution in [3.63, 3.8) is 0 Å². The fraction of sp³-hybridized carbons (Fsp3) is 1.00. The van der Waals surface area contributed by atoms with E-state index < -0.39 is 25.3 Å². The van der Waals surface area contributed by atoms with Gasteiger partial charge >= 0.3 is 0 Å². The Morgan fingerprint density at radius 2 is 1.81 bits per heavy atom. The van der Waals surface area contributed by atoms with Gasteiger partial charge in [0, 0.05) is 19.6 Å². The van der Waals surface area contributed by atoms with Crippen LogP contribution in [0.4, 0.5) is 0 Å². The monoisotopic (exact) mass is 292 g/mol. The van der Waals surface area contributed by atoms with Crippen LogP contribution in [0.2, 0.25) is 0 Å². The molecule has 0 aromatic rings. The highest BCUT2D eigenvalue weighted by Gasteiger charge is 2.14. The zero-order valence-corrected chi connectivity index (χ0v) is 11.7. The molecule has 0 radical (unpaired) electrons. The first-order valence-corrected chi connectivity index (χ1v) is 8.75. The molecule has 0 saturated carbocycles. The van der Waals surface area contributed by atoms with E-state index in [4.69, 9.17) is 11.6 Å². The molecule has 0 saturated heterocycles. The fourth-order valence-corrected chi connectivity index (χ4v) is 2.77. The third-order valence-electron chi connectivity index (χ3n) is 1.87. The zero-order chi connectivity index (χ0) is 12.8. The van der Waals surface area contributed by atoms with E-state index in [1.807, 2.05) is 0 Å². The highest BCUT2D eigenvalue weighted by molar-refractivity contribution is 7.90. The lowest BCUT2D eigenvalue weighted by Gasteiger charge is -2.17. The van der Waals surface area contributed by atoms with Crippen LogP contribution < -0.4 is 4.72 Å². The van der Waals surface area contributed by atoms with E-state index in [1.165, 1.54) is 4.31 Å². The molecule has 0 rings (SSSR count). The van der Waals surface area contributed by atoms with Crippen LogP contribution in [0.3, 0.4) is 0 Å². The van der Waals surface area contributed by atoms with Gasteiger partial charge in [-0.25, -0.2) is 25.9 Å². The topological polar surface area (TPSA) is 83.6 Å². The fourth-order valence-electron chi connectivity index (χ4n) is 1.08. The molecule has 6 nitrogen and oxygen atoms in total. The molecule has 0 atom stereocenters. The molecule has 0 heterocycles. The predicted molar refractivity (Wildman–Crippen MR) is 64.4 cm³/mol. The van der Waals surface area contributed by atoms with Gasteiger partial charge in [0.2, 0.25) is 20.0 Å². The van der Waals surface area contributed by atoms with Crippen molar-refractivity contribution in [3.05, 3.63) is 0 Å². The molecule has 0 unspecified atom stereocenters. The number of nitrogens with one attached hydrogen (secondary N) is 1. The SMILES string of the molecule is CCN(CCCNS(=O)(=O)CCl)S(C)(=O)=O. The summed E-state index contributed by atoms with van der Waals surface area (Å²) in [7, 11) is -6.62. The molecule has 16 heavy (non-hydrogen) atoms. The molecular formula is C7H17ClN2O4S2. The number of nitrogens with zero attached hydrogens (tertiary/aromatic N) is 1. The van der Waals surface area contributed by atoms with Gasteiger partial charge in [-0.15, -0.1) is 11.6 Å². The molecule has 0 aliphatic heterocycles. The van der Waals surface area contributed by atoms with E-state index in [0.717, 1.165) is 6.26 Å². The summed E-state index contributed by atoms with van der Waals surface area (Å²) in [4.78, 5) is 0. The van der Waals surface area contributed by atoms with Gasteiger partial charge < -0.3 is 0 Å². The second-order valence-electron chi connectivity index (χ2n) is 3.23. The van der Waals surface area contributed by atoms with Gasteiger partial charge in [0.05, 0.1) is 6.26 Å². The second kappa shape index (κ2) is 6.75. The Morgan fingerprint density at radius 1 is 1.25 bits per heavy atom. The standard InChI is InChI=1S/C7H17ClN2O4S2/c1-3-10(15(2,11)12)6-4-5-9-16(13,14)7-8/h9H,3-7H2,1-2H3. The van der Waals surface area contributed by atoms with Crippen LogP contribution in [-0.4, -0.2) is 52.2 Å². The van der Waals surface area contributed by atoms with E-state index in [2.05, 4.69) is 4.72 Å². The summed E-state index contributed by atoms with van der Waals surface area (Å²) in [5.41, 5.74) is 0. The summed E-state index contributed by atoms with van der Waals surface area (Å²) in [6, 6.07) is 0. The summed E-state index contributed by atoms with van der Waals surface area (Å²) in [5.74, 6) is 0. The Balaban J connectivity index is 4.00. The Bertz CT molecular complexity index is 393. The largest absolute Gasteiger partial charge is 0.225 e. The average Bonchev–Trinajstić information content (AvgIpc) is 2.15. The van der Waals surface area contributed by atoms with Crippen molar-refractivity contribution < 1.29 is 16.8 Å². The van der Waals surface area contributed by atoms with Crippen molar-refractivity contribution in [2.45, 2.75) is 13.3 Å². The highest BCUT2D eigenvalue weighted by Crippen LogP contribution is 1.98. The van der Waals surface area contributed by atoms with E-state index in [9.17, 15) is 16.8 Å². The maximum Gasteiger partial charge on any atom is 0.225 e. The minimum Gasteiger partial charge on any atom is -0.214 e. The normalized spacial score (nSPS) is 13.2. The van der Waals surface area contributed by atoms with Gasteiger partial charge in [0.15, 0.2) is 0 Å². The molecule has 0 spiro atoms. The predicted octanol–water partition coefficient (Wildman–Crippen LogP) is -0.226. The third kappa shape index (κ3) is 6.64. The number of hydrogen-bond donors (Lipinski definition) is 1. The Hall–Kier alpha value is 0.110. The number of hydrogen-bond acceptors (Lipinski definition) is 4. The van der Waals surface area contributed by atoms with Crippen molar-refractivity contribution >= 4 is 31.6 Å². The Labute approximate surface area is 102 Å². The molecule has 0 aliphatic rings. The Morgan fingerprint density at radius 3 is 2.19 bits per heavy atom. The van der Waals surface area contributed by atoms with Crippen molar-refractivity contribution in [2.75, 3.05) is 31.1 Å². The van der Waals surface area contributed by atoms with Gasteiger partial charge in [-0.2, -0.15) is 0 Å². The average molecular weight is 293 g/mol. The first-order chi connectivity index (χ1) is 7.23. The summed E-state index contributed by atoms with van der Waals surface area (Å²) >= 11 is 5.18. The number of sulfonamides is 2. The molecule has 0 amide bonds. The number of alkyl halides is 1. The van der Waals surface area contributed by atoms with E-state index in [0.29, 0.717) is 19.5 Å². The van der Waals surface area contributed by atoms with Gasteiger partial charge in [0.1, 0.15) is 5.21 Å². The van der Waals surface area contributed by atoms with Crippen LogP contribution >= 0.6 is 11.6 Å². The van der Waals surface area contributed by atoms with Crippen molar-refractivity contribution in [1.29, 1.82) is 0 Å². The van der Waals surface area contributed by atoms with Crippen molar-refractivity contribution in [1.82, 2.24) is 9.03 Å². The van der Waals surface area contributed by atoms with Crippen LogP contribution in [0.15, 0.2) is 0 Å². The third-order valence-corrected chi connectivity index (χ3v) is 5.04.